The molecule has 1 aromatic heterocycles. The zero-order valence-electron chi connectivity index (χ0n) is 15.8. The van der Waals surface area contributed by atoms with Crippen LogP contribution in [0.4, 0.5) is 11.6 Å². The Morgan fingerprint density at radius 2 is 1.75 bits per heavy atom. The minimum absolute atomic E-state index is 0.0871. The monoisotopic (exact) mass is 378 g/mol. The van der Waals surface area contributed by atoms with Crippen molar-refractivity contribution < 1.29 is 14.3 Å². The third-order valence-corrected chi connectivity index (χ3v) is 4.03. The van der Waals surface area contributed by atoms with E-state index in [4.69, 9.17) is 9.47 Å². The molecule has 0 spiro atoms. The van der Waals surface area contributed by atoms with Crippen LogP contribution in [0.15, 0.2) is 67.0 Å². The number of amides is 1. The maximum atomic E-state index is 12.7. The van der Waals surface area contributed by atoms with E-state index in [0.717, 1.165) is 17.2 Å². The SMILES string of the molecule is COc1ccc(OCCN(C)C(=O)c2cccc(Nc3ncccn3)c2)cc1. The first-order valence-corrected chi connectivity index (χ1v) is 8.82. The molecule has 28 heavy (non-hydrogen) atoms. The Labute approximate surface area is 164 Å². The van der Waals surface area contributed by atoms with Crippen LogP contribution >= 0.6 is 0 Å². The number of ether oxygens (including phenoxy) is 2. The molecule has 0 aliphatic heterocycles. The lowest BCUT2D eigenvalue weighted by molar-refractivity contribution is 0.0774. The van der Waals surface area contributed by atoms with Crippen molar-refractivity contribution in [2.24, 2.45) is 0 Å². The van der Waals surface area contributed by atoms with Crippen LogP contribution < -0.4 is 14.8 Å². The normalized spacial score (nSPS) is 10.2. The minimum Gasteiger partial charge on any atom is -0.497 e. The van der Waals surface area contributed by atoms with Crippen LogP contribution in [-0.4, -0.2) is 48.1 Å². The van der Waals surface area contributed by atoms with Gasteiger partial charge in [-0.05, 0) is 48.5 Å². The van der Waals surface area contributed by atoms with Crippen LogP contribution in [0.3, 0.4) is 0 Å². The molecule has 7 nitrogen and oxygen atoms in total. The topological polar surface area (TPSA) is 76.6 Å². The van der Waals surface area contributed by atoms with Gasteiger partial charge in [0.2, 0.25) is 5.95 Å². The third kappa shape index (κ3) is 5.20. The maximum absolute atomic E-state index is 12.7. The van der Waals surface area contributed by atoms with Gasteiger partial charge in [0.15, 0.2) is 0 Å². The zero-order chi connectivity index (χ0) is 19.8. The summed E-state index contributed by atoms with van der Waals surface area (Å²) in [5, 5.41) is 3.08. The van der Waals surface area contributed by atoms with E-state index >= 15 is 0 Å². The predicted octanol–water partition coefficient (Wildman–Crippen LogP) is 3.38. The lowest BCUT2D eigenvalue weighted by Gasteiger charge is -2.18. The fourth-order valence-corrected chi connectivity index (χ4v) is 2.52. The van der Waals surface area contributed by atoms with E-state index in [1.165, 1.54) is 0 Å². The Kier molecular flexibility index (Phi) is 6.41. The third-order valence-electron chi connectivity index (χ3n) is 4.03. The average Bonchev–Trinajstić information content (AvgIpc) is 2.74. The molecule has 0 fully saturated rings. The molecule has 1 amide bonds. The Balaban J connectivity index is 1.54. The molecule has 1 heterocycles. The van der Waals surface area contributed by atoms with Gasteiger partial charge in [-0.1, -0.05) is 6.07 Å². The van der Waals surface area contributed by atoms with Crippen LogP contribution in [-0.2, 0) is 0 Å². The number of aromatic nitrogens is 2. The molecule has 1 N–H and O–H groups in total. The van der Waals surface area contributed by atoms with Crippen LogP contribution in [0.5, 0.6) is 11.5 Å². The van der Waals surface area contributed by atoms with Gasteiger partial charge in [0.25, 0.3) is 5.91 Å². The lowest BCUT2D eigenvalue weighted by atomic mass is 10.2. The molecule has 3 rings (SSSR count). The van der Waals surface area contributed by atoms with Crippen molar-refractivity contribution in [2.75, 3.05) is 32.6 Å². The largest absolute Gasteiger partial charge is 0.497 e. The van der Waals surface area contributed by atoms with Crippen LogP contribution in [0, 0.1) is 0 Å². The Morgan fingerprint density at radius 1 is 1.04 bits per heavy atom. The Hall–Kier alpha value is -3.61. The maximum Gasteiger partial charge on any atom is 0.253 e. The second-order valence-electron chi connectivity index (χ2n) is 6.03. The van der Waals surface area contributed by atoms with Gasteiger partial charge >= 0.3 is 0 Å². The van der Waals surface area contributed by atoms with Crippen molar-refractivity contribution in [2.45, 2.75) is 0 Å². The molecule has 0 atom stereocenters. The first kappa shape index (κ1) is 19.2. The van der Waals surface area contributed by atoms with Crippen LogP contribution in [0.25, 0.3) is 0 Å². The quantitative estimate of drug-likeness (QED) is 0.648. The summed E-state index contributed by atoms with van der Waals surface area (Å²) in [7, 11) is 3.37. The number of methoxy groups -OCH3 is 1. The van der Waals surface area contributed by atoms with E-state index in [1.807, 2.05) is 36.4 Å². The van der Waals surface area contributed by atoms with E-state index in [2.05, 4.69) is 15.3 Å². The van der Waals surface area contributed by atoms with Crippen molar-refractivity contribution in [1.82, 2.24) is 14.9 Å². The van der Waals surface area contributed by atoms with E-state index in [1.54, 1.807) is 49.7 Å². The summed E-state index contributed by atoms with van der Waals surface area (Å²) in [4.78, 5) is 22.5. The molecule has 0 unspecified atom stereocenters. The van der Waals surface area contributed by atoms with Crippen molar-refractivity contribution in [3.63, 3.8) is 0 Å². The summed E-state index contributed by atoms with van der Waals surface area (Å²) in [6.07, 6.45) is 3.31. The summed E-state index contributed by atoms with van der Waals surface area (Å²) < 4.78 is 10.8. The van der Waals surface area contributed by atoms with E-state index in [-0.39, 0.29) is 5.91 Å². The molecular weight excluding hydrogens is 356 g/mol. The van der Waals surface area contributed by atoms with Crippen molar-refractivity contribution in [1.29, 1.82) is 0 Å². The standard InChI is InChI=1S/C21H22N4O3/c1-25(13-14-28-19-9-7-18(27-2)8-10-19)20(26)16-5-3-6-17(15-16)24-21-22-11-4-12-23-21/h3-12,15H,13-14H2,1-2H3,(H,22,23,24). The summed E-state index contributed by atoms with van der Waals surface area (Å²) >= 11 is 0. The molecule has 144 valence electrons. The molecule has 0 aliphatic rings. The second kappa shape index (κ2) is 9.36. The number of nitrogens with zero attached hydrogens (tertiary/aromatic N) is 3. The average molecular weight is 378 g/mol. The second-order valence-corrected chi connectivity index (χ2v) is 6.03. The fourth-order valence-electron chi connectivity index (χ4n) is 2.52. The van der Waals surface area contributed by atoms with Gasteiger partial charge in [-0.2, -0.15) is 0 Å². The minimum atomic E-state index is -0.0871. The number of anilines is 2. The number of carbonyl (C=O) groups excluding carboxylic acids is 1. The molecule has 2 aromatic carbocycles. The molecule has 0 aliphatic carbocycles. The molecule has 3 aromatic rings. The predicted molar refractivity (Wildman–Crippen MR) is 107 cm³/mol. The van der Waals surface area contributed by atoms with Crippen molar-refractivity contribution >= 4 is 17.5 Å². The molecular formula is C21H22N4O3. The van der Waals surface area contributed by atoms with Gasteiger partial charge < -0.3 is 19.7 Å². The van der Waals surface area contributed by atoms with Gasteiger partial charge in [0.05, 0.1) is 13.7 Å². The van der Waals surface area contributed by atoms with Gasteiger partial charge in [-0.3, -0.25) is 4.79 Å². The molecule has 0 saturated heterocycles. The Morgan fingerprint density at radius 3 is 2.46 bits per heavy atom. The first-order chi connectivity index (χ1) is 13.7. The van der Waals surface area contributed by atoms with Gasteiger partial charge in [0.1, 0.15) is 18.1 Å². The smallest absolute Gasteiger partial charge is 0.253 e. The number of carbonyl (C=O) groups is 1. The van der Waals surface area contributed by atoms with Gasteiger partial charge in [-0.25, -0.2) is 9.97 Å². The Bertz CT molecular complexity index is 901. The fraction of sp³-hybridized carbons (Fsp3) is 0.190. The summed E-state index contributed by atoms with van der Waals surface area (Å²) in [5.74, 6) is 1.90. The van der Waals surface area contributed by atoms with E-state index in [0.29, 0.717) is 24.7 Å². The first-order valence-electron chi connectivity index (χ1n) is 8.82. The van der Waals surface area contributed by atoms with Crippen LogP contribution in [0.2, 0.25) is 0 Å². The number of nitrogens with one attached hydrogen (secondary N) is 1. The number of hydrogen-bond acceptors (Lipinski definition) is 6. The molecule has 7 heteroatoms. The highest BCUT2D eigenvalue weighted by Gasteiger charge is 2.12. The van der Waals surface area contributed by atoms with Gasteiger partial charge in [0, 0.05) is 30.7 Å². The number of likely N-dealkylation sites (N-methyl/N-ethyl adjacent to an activating group) is 1. The van der Waals surface area contributed by atoms with Gasteiger partial charge in [-0.15, -0.1) is 0 Å². The molecule has 0 saturated carbocycles. The highest BCUT2D eigenvalue weighted by atomic mass is 16.5. The number of rotatable bonds is 8. The van der Waals surface area contributed by atoms with E-state index in [9.17, 15) is 4.79 Å². The van der Waals surface area contributed by atoms with Crippen molar-refractivity contribution in [3.05, 3.63) is 72.6 Å². The summed E-state index contributed by atoms with van der Waals surface area (Å²) in [6.45, 7) is 0.856. The highest BCUT2D eigenvalue weighted by molar-refractivity contribution is 5.95. The lowest BCUT2D eigenvalue weighted by Crippen LogP contribution is -2.30. The zero-order valence-corrected chi connectivity index (χ0v) is 15.8. The highest BCUT2D eigenvalue weighted by Crippen LogP contribution is 2.18. The van der Waals surface area contributed by atoms with E-state index < -0.39 is 0 Å². The molecule has 0 bridgehead atoms. The summed E-state index contributed by atoms with van der Waals surface area (Å²) in [6, 6.07) is 16.3. The number of benzene rings is 2. The van der Waals surface area contributed by atoms with Crippen LogP contribution in [0.1, 0.15) is 10.4 Å². The molecule has 0 radical (unpaired) electrons. The van der Waals surface area contributed by atoms with Crippen molar-refractivity contribution in [3.8, 4) is 11.5 Å². The number of hydrogen-bond donors (Lipinski definition) is 1. The summed E-state index contributed by atoms with van der Waals surface area (Å²) in [5.41, 5.74) is 1.33.